The van der Waals surface area contributed by atoms with Crippen LogP contribution in [0.15, 0.2) is 36.9 Å². The van der Waals surface area contributed by atoms with E-state index in [1.54, 1.807) is 0 Å². The number of ether oxygens (including phenoxy) is 1. The zero-order valence-electron chi connectivity index (χ0n) is 9.83. The zero-order chi connectivity index (χ0) is 13.8. The number of hydrogen-bond acceptors (Lipinski definition) is 4. The number of rotatable bonds is 6. The molecule has 1 N–H and O–H groups in total. The van der Waals surface area contributed by atoms with Gasteiger partial charge in [-0.25, -0.2) is 0 Å². The molecular formula is C12H13NO5. The fraction of sp³-hybridized carbons (Fsp3) is 0.250. The van der Waals surface area contributed by atoms with Crippen LogP contribution < -0.4 is 4.74 Å². The lowest BCUT2D eigenvalue weighted by atomic mass is 9.92. The van der Waals surface area contributed by atoms with Crippen LogP contribution in [-0.4, -0.2) is 22.6 Å². The Bertz CT molecular complexity index is 468. The summed E-state index contributed by atoms with van der Waals surface area (Å²) in [6, 6.07) is 5.43. The molecule has 18 heavy (non-hydrogen) atoms. The number of nitro groups is 1. The second-order valence-corrected chi connectivity index (χ2v) is 3.97. The van der Waals surface area contributed by atoms with Crippen LogP contribution in [-0.2, 0) is 4.79 Å². The van der Waals surface area contributed by atoms with Crippen LogP contribution in [0.2, 0.25) is 0 Å². The number of hydrogen-bond donors (Lipinski definition) is 1. The van der Waals surface area contributed by atoms with Crippen molar-refractivity contribution in [1.29, 1.82) is 0 Å². The summed E-state index contributed by atoms with van der Waals surface area (Å²) in [6.07, 6.45) is 1.29. The van der Waals surface area contributed by atoms with E-state index in [-0.39, 0.29) is 12.3 Å². The minimum atomic E-state index is -1.19. The van der Waals surface area contributed by atoms with Crippen LogP contribution in [0.1, 0.15) is 6.92 Å². The summed E-state index contributed by atoms with van der Waals surface area (Å²) in [7, 11) is 0. The molecule has 1 aromatic rings. The predicted molar refractivity (Wildman–Crippen MR) is 64.5 cm³/mol. The Morgan fingerprint density at radius 3 is 2.50 bits per heavy atom. The van der Waals surface area contributed by atoms with Gasteiger partial charge < -0.3 is 9.84 Å². The van der Waals surface area contributed by atoms with Crippen molar-refractivity contribution in [3.63, 3.8) is 0 Å². The van der Waals surface area contributed by atoms with Gasteiger partial charge in [0.15, 0.2) is 0 Å². The van der Waals surface area contributed by atoms with Crippen molar-refractivity contribution < 1.29 is 19.6 Å². The highest BCUT2D eigenvalue weighted by molar-refractivity contribution is 5.76. The number of carboxylic acids is 1. The van der Waals surface area contributed by atoms with Crippen LogP contribution in [0.5, 0.6) is 5.75 Å². The van der Waals surface area contributed by atoms with Gasteiger partial charge in [0, 0.05) is 12.1 Å². The Kier molecular flexibility index (Phi) is 4.04. The molecule has 96 valence electrons. The van der Waals surface area contributed by atoms with Gasteiger partial charge in [-0.15, -0.1) is 6.58 Å². The van der Waals surface area contributed by atoms with E-state index in [1.165, 1.54) is 37.3 Å². The Morgan fingerprint density at radius 2 is 2.11 bits per heavy atom. The maximum Gasteiger partial charge on any atom is 0.316 e. The van der Waals surface area contributed by atoms with E-state index >= 15 is 0 Å². The molecule has 1 aromatic carbocycles. The summed E-state index contributed by atoms with van der Waals surface area (Å²) in [5.74, 6) is -0.672. The lowest BCUT2D eigenvalue weighted by molar-refractivity contribution is -0.384. The van der Waals surface area contributed by atoms with E-state index in [0.717, 1.165) is 0 Å². The summed E-state index contributed by atoms with van der Waals surface area (Å²) >= 11 is 0. The molecular weight excluding hydrogens is 238 g/mol. The van der Waals surface area contributed by atoms with Crippen LogP contribution in [0.4, 0.5) is 5.69 Å². The summed E-state index contributed by atoms with van der Waals surface area (Å²) in [5, 5.41) is 19.4. The van der Waals surface area contributed by atoms with Crippen molar-refractivity contribution in [1.82, 2.24) is 0 Å². The number of nitrogens with zero attached hydrogens (tertiary/aromatic N) is 1. The van der Waals surface area contributed by atoms with Crippen LogP contribution in [0, 0.1) is 15.5 Å². The van der Waals surface area contributed by atoms with Gasteiger partial charge in [0.25, 0.3) is 5.69 Å². The minimum absolute atomic E-state index is 0.0490. The molecule has 0 saturated carbocycles. The molecule has 1 rings (SSSR count). The molecule has 0 spiro atoms. The number of non-ortho nitro benzene ring substituents is 1. The molecule has 6 nitrogen and oxygen atoms in total. The average Bonchev–Trinajstić information content (AvgIpc) is 2.36. The Hall–Kier alpha value is -2.37. The van der Waals surface area contributed by atoms with Gasteiger partial charge in [0.1, 0.15) is 17.8 Å². The van der Waals surface area contributed by atoms with Gasteiger partial charge in [-0.3, -0.25) is 14.9 Å². The van der Waals surface area contributed by atoms with Crippen molar-refractivity contribution in [2.45, 2.75) is 6.92 Å². The van der Waals surface area contributed by atoms with Gasteiger partial charge >= 0.3 is 5.97 Å². The molecule has 0 bridgehead atoms. The third-order valence-electron chi connectivity index (χ3n) is 2.53. The molecule has 0 fully saturated rings. The molecule has 0 aliphatic carbocycles. The normalized spacial score (nSPS) is 13.4. The summed E-state index contributed by atoms with van der Waals surface area (Å²) in [5.41, 5.74) is -1.24. The van der Waals surface area contributed by atoms with E-state index in [0.29, 0.717) is 5.75 Å². The molecule has 1 atom stereocenters. The molecule has 0 aliphatic rings. The molecule has 0 amide bonds. The van der Waals surface area contributed by atoms with E-state index in [4.69, 9.17) is 9.84 Å². The summed E-state index contributed by atoms with van der Waals surface area (Å²) < 4.78 is 5.28. The predicted octanol–water partition coefficient (Wildman–Crippen LogP) is 2.25. The van der Waals surface area contributed by atoms with Crippen molar-refractivity contribution in [3.8, 4) is 5.75 Å². The monoisotopic (exact) mass is 251 g/mol. The highest BCUT2D eigenvalue weighted by atomic mass is 16.6. The maximum absolute atomic E-state index is 11.0. The number of carboxylic acid groups (broad SMARTS) is 1. The highest BCUT2D eigenvalue weighted by Gasteiger charge is 2.30. The first-order chi connectivity index (χ1) is 8.39. The van der Waals surface area contributed by atoms with Gasteiger partial charge in [-0.05, 0) is 19.1 Å². The number of carbonyl (C=O) groups is 1. The Morgan fingerprint density at radius 1 is 1.56 bits per heavy atom. The first kappa shape index (κ1) is 13.7. The second-order valence-electron chi connectivity index (χ2n) is 3.97. The van der Waals surface area contributed by atoms with Crippen LogP contribution in [0.3, 0.4) is 0 Å². The molecule has 0 radical (unpaired) electrons. The smallest absolute Gasteiger partial charge is 0.316 e. The third-order valence-corrected chi connectivity index (χ3v) is 2.53. The molecule has 6 heteroatoms. The Balaban J connectivity index is 2.72. The molecule has 0 aliphatic heterocycles. The standard InChI is InChI=1S/C12H13NO5/c1-3-12(2,11(14)15)8-18-10-6-4-9(5-7-10)13(16)17/h3-7H,1,8H2,2H3,(H,14,15). The van der Waals surface area contributed by atoms with Crippen molar-refractivity contribution in [3.05, 3.63) is 47.0 Å². The maximum atomic E-state index is 11.0. The average molecular weight is 251 g/mol. The largest absolute Gasteiger partial charge is 0.492 e. The third kappa shape index (κ3) is 3.07. The van der Waals surface area contributed by atoms with E-state index in [9.17, 15) is 14.9 Å². The van der Waals surface area contributed by atoms with E-state index in [1.807, 2.05) is 0 Å². The summed E-state index contributed by atoms with van der Waals surface area (Å²) in [6.45, 7) is 4.84. The summed E-state index contributed by atoms with van der Waals surface area (Å²) in [4.78, 5) is 20.9. The molecule has 0 aromatic heterocycles. The van der Waals surface area contributed by atoms with Crippen molar-refractivity contribution in [2.24, 2.45) is 5.41 Å². The SMILES string of the molecule is C=CC(C)(COc1ccc([N+](=O)[O-])cc1)C(=O)O. The molecule has 0 saturated heterocycles. The van der Waals surface area contributed by atoms with Crippen LogP contribution in [0.25, 0.3) is 0 Å². The van der Waals surface area contributed by atoms with E-state index < -0.39 is 16.3 Å². The highest BCUT2D eigenvalue weighted by Crippen LogP contribution is 2.22. The van der Waals surface area contributed by atoms with Crippen molar-refractivity contribution >= 4 is 11.7 Å². The zero-order valence-corrected chi connectivity index (χ0v) is 9.83. The quantitative estimate of drug-likeness (QED) is 0.475. The first-order valence-corrected chi connectivity index (χ1v) is 5.13. The van der Waals surface area contributed by atoms with E-state index in [2.05, 4.69) is 6.58 Å². The van der Waals surface area contributed by atoms with Crippen molar-refractivity contribution in [2.75, 3.05) is 6.61 Å². The lowest BCUT2D eigenvalue weighted by Gasteiger charge is -2.20. The molecule has 0 heterocycles. The van der Waals surface area contributed by atoms with Gasteiger partial charge in [-0.1, -0.05) is 6.08 Å². The number of aliphatic carboxylic acids is 1. The van der Waals surface area contributed by atoms with Gasteiger partial charge in [0.05, 0.1) is 4.92 Å². The van der Waals surface area contributed by atoms with Gasteiger partial charge in [0.2, 0.25) is 0 Å². The Labute approximate surface area is 104 Å². The molecule has 1 unspecified atom stereocenters. The van der Waals surface area contributed by atoms with Gasteiger partial charge in [-0.2, -0.15) is 0 Å². The second kappa shape index (κ2) is 5.31. The number of nitro benzene ring substituents is 1. The topological polar surface area (TPSA) is 89.7 Å². The minimum Gasteiger partial charge on any atom is -0.492 e. The fourth-order valence-electron chi connectivity index (χ4n) is 1.11. The first-order valence-electron chi connectivity index (χ1n) is 5.13. The lowest BCUT2D eigenvalue weighted by Crippen LogP contribution is -2.31. The number of benzene rings is 1. The van der Waals surface area contributed by atoms with Crippen LogP contribution >= 0.6 is 0 Å². The fourth-order valence-corrected chi connectivity index (χ4v) is 1.11.